The molecule has 1 N–H and O–H groups in total. The smallest absolute Gasteiger partial charge is 0.271 e. The minimum absolute atomic E-state index is 0.0308. The van der Waals surface area contributed by atoms with Gasteiger partial charge in [0.05, 0.1) is 21.7 Å². The summed E-state index contributed by atoms with van der Waals surface area (Å²) >= 11 is 1.45. The minimum atomic E-state index is -0.431. The van der Waals surface area contributed by atoms with Crippen LogP contribution < -0.4 is 4.74 Å². The lowest BCUT2D eigenvalue weighted by molar-refractivity contribution is -0.384. The van der Waals surface area contributed by atoms with Crippen LogP contribution in [0.1, 0.15) is 17.5 Å². The zero-order valence-corrected chi connectivity index (χ0v) is 13.6. The van der Waals surface area contributed by atoms with Crippen molar-refractivity contribution < 1.29 is 14.8 Å². The zero-order chi connectivity index (χ0) is 17.1. The van der Waals surface area contributed by atoms with Gasteiger partial charge >= 0.3 is 0 Å². The minimum Gasteiger partial charge on any atom is -0.504 e. The van der Waals surface area contributed by atoms with Gasteiger partial charge in [0.15, 0.2) is 11.5 Å². The maximum atomic E-state index is 10.8. The lowest BCUT2D eigenvalue weighted by atomic mass is 10.2. The summed E-state index contributed by atoms with van der Waals surface area (Å²) in [5.41, 5.74) is 1.50. The van der Waals surface area contributed by atoms with Crippen molar-refractivity contribution in [2.45, 2.75) is 6.92 Å². The fourth-order valence-corrected chi connectivity index (χ4v) is 3.04. The van der Waals surface area contributed by atoms with Gasteiger partial charge in [0.1, 0.15) is 5.01 Å². The normalized spacial score (nSPS) is 11.2. The Morgan fingerprint density at radius 2 is 2.12 bits per heavy atom. The average molecular weight is 342 g/mol. The second-order valence-corrected chi connectivity index (χ2v) is 6.02. The van der Waals surface area contributed by atoms with E-state index >= 15 is 0 Å². The second-order valence-electron chi connectivity index (χ2n) is 4.95. The molecule has 0 aliphatic heterocycles. The Balaban J connectivity index is 1.87. The second kappa shape index (κ2) is 6.67. The Morgan fingerprint density at radius 1 is 1.29 bits per heavy atom. The van der Waals surface area contributed by atoms with Crippen molar-refractivity contribution in [3.05, 3.63) is 57.1 Å². The first-order valence-corrected chi connectivity index (χ1v) is 8.07. The van der Waals surface area contributed by atoms with Crippen molar-refractivity contribution in [3.8, 4) is 11.5 Å². The molecule has 0 spiro atoms. The van der Waals surface area contributed by atoms with Crippen LogP contribution in [0.25, 0.3) is 22.4 Å². The van der Waals surface area contributed by atoms with Crippen LogP contribution >= 0.6 is 11.3 Å². The number of nitro benzene ring substituents is 1. The van der Waals surface area contributed by atoms with Crippen LogP contribution in [0.3, 0.4) is 0 Å². The van der Waals surface area contributed by atoms with Gasteiger partial charge in [-0.1, -0.05) is 12.1 Å². The molecule has 1 aromatic heterocycles. The molecule has 7 heteroatoms. The number of non-ortho nitro benzene ring substituents is 1. The summed E-state index contributed by atoms with van der Waals surface area (Å²) in [6.07, 6.45) is 3.69. The highest BCUT2D eigenvalue weighted by molar-refractivity contribution is 7.19. The SMILES string of the molecule is CCOc1cc(/C=C/c2nc3cc([N+](=O)[O-])ccc3s2)ccc1O. The molecular weight excluding hydrogens is 328 g/mol. The van der Waals surface area contributed by atoms with Crippen LogP contribution in [-0.4, -0.2) is 21.6 Å². The number of thiazole rings is 1. The average Bonchev–Trinajstić information content (AvgIpc) is 2.97. The first kappa shape index (κ1) is 15.9. The summed E-state index contributed by atoms with van der Waals surface area (Å²) in [5, 5.41) is 21.3. The summed E-state index contributed by atoms with van der Waals surface area (Å²) in [7, 11) is 0. The third-order valence-electron chi connectivity index (χ3n) is 3.30. The number of aromatic hydroxyl groups is 1. The number of phenolic OH excluding ortho intramolecular Hbond substituents is 1. The lowest BCUT2D eigenvalue weighted by Gasteiger charge is -2.05. The van der Waals surface area contributed by atoms with Crippen molar-refractivity contribution in [3.63, 3.8) is 0 Å². The molecule has 1 heterocycles. The Morgan fingerprint density at radius 3 is 2.88 bits per heavy atom. The maximum Gasteiger partial charge on any atom is 0.271 e. The fraction of sp³-hybridized carbons (Fsp3) is 0.118. The van der Waals surface area contributed by atoms with Crippen molar-refractivity contribution in [1.29, 1.82) is 0 Å². The van der Waals surface area contributed by atoms with Crippen LogP contribution in [0.5, 0.6) is 11.5 Å². The summed E-state index contributed by atoms with van der Waals surface area (Å²) in [5.74, 6) is 0.529. The maximum absolute atomic E-state index is 10.8. The number of ether oxygens (including phenoxy) is 1. The number of fused-ring (bicyclic) bond motifs is 1. The van der Waals surface area contributed by atoms with E-state index in [1.54, 1.807) is 24.3 Å². The number of nitro groups is 1. The van der Waals surface area contributed by atoms with Crippen LogP contribution in [-0.2, 0) is 0 Å². The van der Waals surface area contributed by atoms with Crippen LogP contribution in [0.15, 0.2) is 36.4 Å². The van der Waals surface area contributed by atoms with E-state index in [1.807, 2.05) is 19.1 Å². The molecule has 0 saturated heterocycles. The van der Waals surface area contributed by atoms with Crippen molar-refractivity contribution in [1.82, 2.24) is 4.98 Å². The number of phenols is 1. The van der Waals surface area contributed by atoms with Crippen LogP contribution in [0, 0.1) is 10.1 Å². The first-order chi connectivity index (χ1) is 11.6. The molecule has 0 saturated carbocycles. The molecule has 0 radical (unpaired) electrons. The number of benzene rings is 2. The van der Waals surface area contributed by atoms with E-state index in [9.17, 15) is 15.2 Å². The van der Waals surface area contributed by atoms with Crippen molar-refractivity contribution >= 4 is 39.4 Å². The van der Waals surface area contributed by atoms with E-state index in [0.29, 0.717) is 17.9 Å². The van der Waals surface area contributed by atoms with E-state index in [-0.39, 0.29) is 11.4 Å². The zero-order valence-electron chi connectivity index (χ0n) is 12.8. The van der Waals surface area contributed by atoms with E-state index in [4.69, 9.17) is 4.74 Å². The molecule has 6 nitrogen and oxygen atoms in total. The van der Waals surface area contributed by atoms with E-state index in [1.165, 1.54) is 23.5 Å². The standard InChI is InChI=1S/C17H14N2O4S/c1-2-23-15-9-11(3-6-14(15)20)4-8-17-18-13-10-12(19(21)22)5-7-16(13)24-17/h3-10,20H,2H2,1H3/b8-4+. The molecule has 3 aromatic rings. The number of hydrogen-bond donors (Lipinski definition) is 1. The van der Waals surface area contributed by atoms with Gasteiger partial charge in [-0.15, -0.1) is 11.3 Å². The number of nitrogens with zero attached hydrogens (tertiary/aromatic N) is 2. The van der Waals surface area contributed by atoms with Gasteiger partial charge in [0.2, 0.25) is 0 Å². The van der Waals surface area contributed by atoms with Crippen LogP contribution in [0.2, 0.25) is 0 Å². The van der Waals surface area contributed by atoms with E-state index < -0.39 is 4.92 Å². The van der Waals surface area contributed by atoms with Crippen molar-refractivity contribution in [2.24, 2.45) is 0 Å². The van der Waals surface area contributed by atoms with Gasteiger partial charge in [-0.3, -0.25) is 10.1 Å². The molecule has 0 aliphatic rings. The largest absolute Gasteiger partial charge is 0.504 e. The third kappa shape index (κ3) is 3.36. The summed E-state index contributed by atoms with van der Waals surface area (Å²) in [4.78, 5) is 14.8. The molecule has 122 valence electrons. The lowest BCUT2D eigenvalue weighted by Crippen LogP contribution is -1.91. The monoisotopic (exact) mass is 342 g/mol. The van der Waals surface area contributed by atoms with Gasteiger partial charge < -0.3 is 9.84 Å². The predicted octanol–water partition coefficient (Wildman–Crippen LogP) is 4.48. The number of hydrogen-bond acceptors (Lipinski definition) is 6. The van der Waals surface area contributed by atoms with Gasteiger partial charge in [-0.2, -0.15) is 0 Å². The summed E-state index contributed by atoms with van der Waals surface area (Å²) in [6, 6.07) is 9.74. The molecule has 2 aromatic carbocycles. The summed E-state index contributed by atoms with van der Waals surface area (Å²) in [6.45, 7) is 2.32. The Hall–Kier alpha value is -2.93. The predicted molar refractivity (Wildman–Crippen MR) is 94.5 cm³/mol. The topological polar surface area (TPSA) is 85.5 Å². The van der Waals surface area contributed by atoms with Gasteiger partial charge in [-0.25, -0.2) is 4.98 Å². The molecule has 0 unspecified atom stereocenters. The molecule has 0 fully saturated rings. The number of aromatic nitrogens is 1. The Kier molecular flexibility index (Phi) is 4.43. The van der Waals surface area contributed by atoms with Gasteiger partial charge in [-0.05, 0) is 36.8 Å². The van der Waals surface area contributed by atoms with E-state index in [2.05, 4.69) is 4.98 Å². The third-order valence-corrected chi connectivity index (χ3v) is 4.30. The quantitative estimate of drug-likeness (QED) is 0.546. The molecular formula is C17H14N2O4S. The molecule has 0 amide bonds. The highest BCUT2D eigenvalue weighted by Crippen LogP contribution is 2.29. The molecule has 0 bridgehead atoms. The number of rotatable bonds is 5. The molecule has 0 aliphatic carbocycles. The molecule has 24 heavy (non-hydrogen) atoms. The first-order valence-electron chi connectivity index (χ1n) is 7.25. The van der Waals surface area contributed by atoms with Gasteiger partial charge in [0.25, 0.3) is 5.69 Å². The van der Waals surface area contributed by atoms with Gasteiger partial charge in [0, 0.05) is 12.1 Å². The highest BCUT2D eigenvalue weighted by Gasteiger charge is 2.09. The van der Waals surface area contributed by atoms with Crippen molar-refractivity contribution in [2.75, 3.05) is 6.61 Å². The summed E-state index contributed by atoms with van der Waals surface area (Å²) < 4.78 is 6.24. The Bertz CT molecular complexity index is 933. The highest BCUT2D eigenvalue weighted by atomic mass is 32.1. The Labute approximate surface area is 141 Å². The molecule has 0 atom stereocenters. The van der Waals surface area contributed by atoms with E-state index in [0.717, 1.165) is 15.3 Å². The molecule has 3 rings (SSSR count). The van der Waals surface area contributed by atoms with Crippen LogP contribution in [0.4, 0.5) is 5.69 Å². The fourth-order valence-electron chi connectivity index (χ4n) is 2.19.